The first-order chi connectivity index (χ1) is 19.3. The van der Waals surface area contributed by atoms with Crippen LogP contribution in [0, 0.1) is 0 Å². The highest BCUT2D eigenvalue weighted by Gasteiger charge is 2.42. The van der Waals surface area contributed by atoms with Crippen molar-refractivity contribution in [2.24, 2.45) is 0 Å². The van der Waals surface area contributed by atoms with E-state index in [0.717, 1.165) is 34.2 Å². The van der Waals surface area contributed by atoms with E-state index in [9.17, 15) is 19.5 Å². The van der Waals surface area contributed by atoms with Crippen LogP contribution in [-0.4, -0.2) is 59.8 Å². The van der Waals surface area contributed by atoms with E-state index in [1.54, 1.807) is 0 Å². The summed E-state index contributed by atoms with van der Waals surface area (Å²) in [6, 6.07) is 25.1. The number of nitrogens with zero attached hydrogens (tertiary/aromatic N) is 1. The van der Waals surface area contributed by atoms with E-state index in [2.05, 4.69) is 34.9 Å². The van der Waals surface area contributed by atoms with E-state index in [1.165, 1.54) is 0 Å². The van der Waals surface area contributed by atoms with Gasteiger partial charge in [0.1, 0.15) is 12.6 Å². The Hall–Kier alpha value is -4.17. The summed E-state index contributed by atoms with van der Waals surface area (Å²) >= 11 is 0. The third-order valence-corrected chi connectivity index (χ3v) is 7.93. The average molecular weight is 542 g/mol. The van der Waals surface area contributed by atoms with Gasteiger partial charge in [-0.1, -0.05) is 78.9 Å². The van der Waals surface area contributed by atoms with Gasteiger partial charge in [-0.2, -0.15) is 0 Å². The van der Waals surface area contributed by atoms with Crippen molar-refractivity contribution in [2.45, 2.75) is 49.7 Å². The second kappa shape index (κ2) is 11.9. The van der Waals surface area contributed by atoms with Gasteiger partial charge in [-0.05, 0) is 54.1 Å². The molecule has 0 aromatic heterocycles. The minimum atomic E-state index is -0.956. The molecule has 1 saturated carbocycles. The van der Waals surface area contributed by atoms with E-state index in [-0.39, 0.29) is 25.5 Å². The monoisotopic (exact) mass is 541 g/mol. The molecular weight excluding hydrogens is 506 g/mol. The highest BCUT2D eigenvalue weighted by atomic mass is 16.5. The lowest BCUT2D eigenvalue weighted by atomic mass is 9.74. The van der Waals surface area contributed by atoms with Crippen LogP contribution >= 0.6 is 0 Å². The molecule has 0 bridgehead atoms. The van der Waals surface area contributed by atoms with Crippen LogP contribution in [0.2, 0.25) is 0 Å². The van der Waals surface area contributed by atoms with Crippen molar-refractivity contribution in [1.82, 2.24) is 15.5 Å². The Bertz CT molecular complexity index is 1330. The maximum absolute atomic E-state index is 13.4. The molecule has 3 N–H and O–H groups in total. The number of hydrogen-bond donors (Lipinski definition) is 3. The third kappa shape index (κ3) is 6.18. The van der Waals surface area contributed by atoms with Crippen LogP contribution in [0.15, 0.2) is 78.9 Å². The number of carbonyl (C=O) groups is 3. The van der Waals surface area contributed by atoms with Crippen LogP contribution in [0.4, 0.5) is 4.79 Å². The van der Waals surface area contributed by atoms with Gasteiger partial charge < -0.3 is 20.5 Å². The Morgan fingerprint density at radius 2 is 1.55 bits per heavy atom. The van der Waals surface area contributed by atoms with Crippen molar-refractivity contribution < 1.29 is 24.2 Å². The number of ether oxygens (including phenoxy) is 1. The minimum Gasteiger partial charge on any atom is -0.481 e. The molecule has 8 heteroatoms. The largest absolute Gasteiger partial charge is 0.481 e. The smallest absolute Gasteiger partial charge is 0.407 e. The molecular formula is C32H35N3O5. The van der Waals surface area contributed by atoms with E-state index in [1.807, 2.05) is 66.5 Å². The van der Waals surface area contributed by atoms with Crippen LogP contribution in [-0.2, 0) is 20.9 Å². The summed E-state index contributed by atoms with van der Waals surface area (Å²) in [4.78, 5) is 39.9. The van der Waals surface area contributed by atoms with Gasteiger partial charge in [0.25, 0.3) is 0 Å². The van der Waals surface area contributed by atoms with Crippen molar-refractivity contribution >= 4 is 18.0 Å². The lowest BCUT2D eigenvalue weighted by Gasteiger charge is -2.42. The number of carbonyl (C=O) groups excluding carboxylic acids is 2. The van der Waals surface area contributed by atoms with Gasteiger partial charge in [-0.15, -0.1) is 0 Å². The summed E-state index contributed by atoms with van der Waals surface area (Å²) < 4.78 is 5.71. The molecule has 5 rings (SSSR count). The maximum Gasteiger partial charge on any atom is 0.407 e. The molecule has 1 atom stereocenters. The molecule has 0 saturated heterocycles. The molecule has 3 aromatic carbocycles. The summed E-state index contributed by atoms with van der Waals surface area (Å²) in [7, 11) is 1.88. The zero-order valence-corrected chi connectivity index (χ0v) is 22.6. The highest BCUT2D eigenvalue weighted by molar-refractivity contribution is 5.87. The van der Waals surface area contributed by atoms with Gasteiger partial charge in [-0.25, -0.2) is 4.79 Å². The quantitative estimate of drug-likeness (QED) is 0.329. The predicted octanol–water partition coefficient (Wildman–Crippen LogP) is 4.54. The topological polar surface area (TPSA) is 108 Å². The van der Waals surface area contributed by atoms with Gasteiger partial charge in [-0.3, -0.25) is 14.5 Å². The number of carboxylic acids is 1. The second-order valence-corrected chi connectivity index (χ2v) is 10.9. The Kier molecular flexibility index (Phi) is 8.16. The number of hydrogen-bond acceptors (Lipinski definition) is 5. The SMILES string of the molecule is CN(Cc1ccccc1)CC(NC(=O)OCC1c2ccccc2-c2ccccc21)C(=O)NC1(CC(=O)O)CCC1. The van der Waals surface area contributed by atoms with Gasteiger partial charge in [0.2, 0.25) is 5.91 Å². The van der Waals surface area contributed by atoms with Crippen molar-refractivity contribution in [1.29, 1.82) is 0 Å². The van der Waals surface area contributed by atoms with Gasteiger partial charge in [0.15, 0.2) is 0 Å². The number of alkyl carbamates (subject to hydrolysis) is 1. The lowest BCUT2D eigenvalue weighted by Crippen LogP contribution is -2.61. The number of fused-ring (bicyclic) bond motifs is 3. The molecule has 2 aliphatic carbocycles. The molecule has 2 aliphatic rings. The molecule has 2 amide bonds. The number of rotatable bonds is 11. The van der Waals surface area contributed by atoms with Crippen LogP contribution in [0.25, 0.3) is 11.1 Å². The van der Waals surface area contributed by atoms with Gasteiger partial charge in [0.05, 0.1) is 12.0 Å². The maximum atomic E-state index is 13.4. The molecule has 3 aromatic rings. The van der Waals surface area contributed by atoms with E-state index < -0.39 is 29.6 Å². The highest BCUT2D eigenvalue weighted by Crippen LogP contribution is 2.44. The lowest BCUT2D eigenvalue weighted by molar-refractivity contribution is -0.140. The Morgan fingerprint density at radius 3 is 2.12 bits per heavy atom. The van der Waals surface area contributed by atoms with E-state index in [0.29, 0.717) is 19.4 Å². The number of aliphatic carboxylic acids is 1. The molecule has 208 valence electrons. The fourth-order valence-electron chi connectivity index (χ4n) is 5.84. The van der Waals surface area contributed by atoms with Gasteiger partial charge >= 0.3 is 12.1 Å². The summed E-state index contributed by atoms with van der Waals surface area (Å²) in [5.74, 6) is -1.46. The van der Waals surface area contributed by atoms with Crippen molar-refractivity contribution in [2.75, 3.05) is 20.2 Å². The first kappa shape index (κ1) is 27.4. The fourth-order valence-corrected chi connectivity index (χ4v) is 5.84. The standard InChI is InChI=1S/C32H35N3O5/c1-35(19-22-10-3-2-4-11-22)20-28(30(38)34-32(16-9-17-32)18-29(36)37)33-31(39)40-21-27-25-14-7-5-12-23(25)24-13-6-8-15-26(24)27/h2-8,10-15,27-28H,9,16-21H2,1H3,(H,33,39)(H,34,38)(H,36,37). The predicted molar refractivity (Wildman–Crippen MR) is 152 cm³/mol. The zero-order chi connectivity index (χ0) is 28.1. The van der Waals surface area contributed by atoms with Crippen molar-refractivity contribution in [3.05, 3.63) is 95.6 Å². The fraction of sp³-hybridized carbons (Fsp3) is 0.344. The molecule has 0 radical (unpaired) electrons. The van der Waals surface area contributed by atoms with Crippen molar-refractivity contribution in [3.63, 3.8) is 0 Å². The number of nitrogens with one attached hydrogen (secondary N) is 2. The van der Waals surface area contributed by atoms with Crippen molar-refractivity contribution in [3.8, 4) is 11.1 Å². The van der Waals surface area contributed by atoms with Crippen LogP contribution < -0.4 is 10.6 Å². The number of likely N-dealkylation sites (N-methyl/N-ethyl adjacent to an activating group) is 1. The number of amides is 2. The van der Waals surface area contributed by atoms with Gasteiger partial charge in [0, 0.05) is 19.0 Å². The normalized spacial score (nSPS) is 15.8. The Morgan fingerprint density at radius 1 is 0.950 bits per heavy atom. The Labute approximate surface area is 234 Å². The number of carboxylic acid groups (broad SMARTS) is 1. The summed E-state index contributed by atoms with van der Waals surface area (Å²) in [5.41, 5.74) is 4.78. The molecule has 1 unspecified atom stereocenters. The molecule has 40 heavy (non-hydrogen) atoms. The van der Waals surface area contributed by atoms with Crippen LogP contribution in [0.1, 0.15) is 48.3 Å². The second-order valence-electron chi connectivity index (χ2n) is 10.9. The first-order valence-electron chi connectivity index (χ1n) is 13.7. The number of benzene rings is 3. The summed E-state index contributed by atoms with van der Waals surface area (Å²) in [6.07, 6.45) is 1.23. The average Bonchev–Trinajstić information content (AvgIpc) is 3.24. The molecule has 8 nitrogen and oxygen atoms in total. The minimum absolute atomic E-state index is 0.0972. The summed E-state index contributed by atoms with van der Waals surface area (Å²) in [5, 5.41) is 15.1. The first-order valence-corrected chi connectivity index (χ1v) is 13.7. The summed E-state index contributed by atoms with van der Waals surface area (Å²) in [6.45, 7) is 0.947. The molecule has 1 fully saturated rings. The molecule has 0 aliphatic heterocycles. The van der Waals surface area contributed by atoms with Crippen LogP contribution in [0.5, 0.6) is 0 Å². The molecule has 0 heterocycles. The third-order valence-electron chi connectivity index (χ3n) is 7.93. The van der Waals surface area contributed by atoms with Crippen LogP contribution in [0.3, 0.4) is 0 Å². The molecule has 0 spiro atoms. The van der Waals surface area contributed by atoms with E-state index >= 15 is 0 Å². The van der Waals surface area contributed by atoms with E-state index in [4.69, 9.17) is 4.74 Å². The Balaban J connectivity index is 1.27. The zero-order valence-electron chi connectivity index (χ0n) is 22.6.